The van der Waals surface area contributed by atoms with Crippen LogP contribution in [-0.2, 0) is 4.79 Å². The van der Waals surface area contributed by atoms with Gasteiger partial charge in [-0.3, -0.25) is 9.59 Å². The van der Waals surface area contributed by atoms with Crippen molar-refractivity contribution in [3.05, 3.63) is 24.2 Å². The fourth-order valence-corrected chi connectivity index (χ4v) is 1.85. The van der Waals surface area contributed by atoms with Gasteiger partial charge in [-0.25, -0.2) is 0 Å². The van der Waals surface area contributed by atoms with Gasteiger partial charge >= 0.3 is 0 Å². The Balaban J connectivity index is 0.00000400. The average molecular weight is 318 g/mol. The van der Waals surface area contributed by atoms with E-state index in [0.29, 0.717) is 13.1 Å². The smallest absolute Gasteiger partial charge is 0.287 e. The molecule has 0 spiro atoms. The van der Waals surface area contributed by atoms with E-state index in [1.165, 1.54) is 6.26 Å². The number of rotatable bonds is 6. The van der Waals surface area contributed by atoms with Gasteiger partial charge in [0.15, 0.2) is 5.76 Å². The van der Waals surface area contributed by atoms with Gasteiger partial charge in [0, 0.05) is 13.6 Å². The number of nitrogens with one attached hydrogen (secondary N) is 1. The monoisotopic (exact) mass is 317 g/mol. The number of amides is 2. The fraction of sp³-hybridized carbons (Fsp3) is 0.571. The van der Waals surface area contributed by atoms with Gasteiger partial charge in [-0.15, -0.1) is 12.4 Å². The first-order valence-corrected chi connectivity index (χ1v) is 6.56. The predicted octanol–water partition coefficient (Wildman–Crippen LogP) is 1.26. The minimum absolute atomic E-state index is 0. The molecule has 3 N–H and O–H groups in total. The van der Waals surface area contributed by atoms with E-state index in [0.717, 1.165) is 0 Å². The molecule has 120 valence electrons. The van der Waals surface area contributed by atoms with E-state index in [-0.39, 0.29) is 29.5 Å². The van der Waals surface area contributed by atoms with Crippen LogP contribution in [0.5, 0.6) is 0 Å². The van der Waals surface area contributed by atoms with Crippen LogP contribution in [0.4, 0.5) is 0 Å². The molecular weight excluding hydrogens is 294 g/mol. The molecule has 0 fully saturated rings. The van der Waals surface area contributed by atoms with Crippen LogP contribution in [0.2, 0.25) is 0 Å². The summed E-state index contributed by atoms with van der Waals surface area (Å²) in [5.41, 5.74) is 5.50. The minimum atomic E-state index is -0.619. The van der Waals surface area contributed by atoms with Gasteiger partial charge < -0.3 is 20.4 Å². The number of hydrogen-bond donors (Lipinski definition) is 2. The first kappa shape index (κ1) is 19.5. The van der Waals surface area contributed by atoms with E-state index in [4.69, 9.17) is 10.2 Å². The van der Waals surface area contributed by atoms with Gasteiger partial charge in [0.2, 0.25) is 5.91 Å². The molecule has 0 aliphatic heterocycles. The van der Waals surface area contributed by atoms with E-state index < -0.39 is 11.9 Å². The van der Waals surface area contributed by atoms with Crippen molar-refractivity contribution < 1.29 is 14.0 Å². The molecule has 7 heteroatoms. The quantitative estimate of drug-likeness (QED) is 0.826. The number of nitrogens with zero attached hydrogens (tertiary/aromatic N) is 1. The van der Waals surface area contributed by atoms with Crippen molar-refractivity contribution in [2.24, 2.45) is 11.1 Å². The van der Waals surface area contributed by atoms with Crippen molar-refractivity contribution in [2.45, 2.75) is 26.8 Å². The van der Waals surface area contributed by atoms with E-state index in [2.05, 4.69) is 5.32 Å². The number of carbonyl (C=O) groups is 2. The van der Waals surface area contributed by atoms with E-state index in [1.54, 1.807) is 31.0 Å². The third-order valence-electron chi connectivity index (χ3n) is 3.06. The molecule has 0 aliphatic rings. The molecule has 1 rings (SSSR count). The second kappa shape index (κ2) is 8.05. The van der Waals surface area contributed by atoms with Crippen LogP contribution in [0.25, 0.3) is 0 Å². The van der Waals surface area contributed by atoms with Crippen LogP contribution in [0.3, 0.4) is 0 Å². The van der Waals surface area contributed by atoms with E-state index in [9.17, 15) is 9.59 Å². The molecule has 0 radical (unpaired) electrons. The molecule has 1 aromatic rings. The molecule has 1 atom stereocenters. The number of likely N-dealkylation sites (N-methyl/N-ethyl adjacent to an activating group) is 1. The Labute approximate surface area is 131 Å². The normalized spacial score (nSPS) is 12.2. The highest BCUT2D eigenvalue weighted by Gasteiger charge is 2.25. The summed E-state index contributed by atoms with van der Waals surface area (Å²) in [7, 11) is 1.70. The number of nitrogens with two attached hydrogens (primary N) is 1. The molecule has 0 saturated carbocycles. The number of carbonyl (C=O) groups excluding carboxylic acids is 2. The van der Waals surface area contributed by atoms with Crippen LogP contribution in [0.15, 0.2) is 22.8 Å². The SMILES string of the molecule is CC(NC(=O)c1ccco1)C(=O)N(C)CC(C)(C)CN.Cl. The molecule has 1 aromatic heterocycles. The van der Waals surface area contributed by atoms with Gasteiger partial charge in [0.25, 0.3) is 5.91 Å². The number of halogens is 1. The molecule has 6 nitrogen and oxygen atoms in total. The summed E-state index contributed by atoms with van der Waals surface area (Å²) in [5.74, 6) is -0.372. The Kier molecular flexibility index (Phi) is 7.46. The summed E-state index contributed by atoms with van der Waals surface area (Å²) in [6, 6.07) is 2.55. The summed E-state index contributed by atoms with van der Waals surface area (Å²) in [4.78, 5) is 25.6. The topological polar surface area (TPSA) is 88.6 Å². The third-order valence-corrected chi connectivity index (χ3v) is 3.06. The Morgan fingerprint density at radius 1 is 1.48 bits per heavy atom. The lowest BCUT2D eigenvalue weighted by molar-refractivity contribution is -0.132. The number of furan rings is 1. The Morgan fingerprint density at radius 3 is 2.57 bits per heavy atom. The van der Waals surface area contributed by atoms with Crippen LogP contribution in [0, 0.1) is 5.41 Å². The Morgan fingerprint density at radius 2 is 2.10 bits per heavy atom. The highest BCUT2D eigenvalue weighted by atomic mass is 35.5. The van der Waals surface area contributed by atoms with Gasteiger partial charge in [-0.2, -0.15) is 0 Å². The molecule has 1 heterocycles. The molecular formula is C14H24ClN3O3. The zero-order valence-corrected chi connectivity index (χ0v) is 13.7. The molecule has 2 amide bonds. The molecule has 21 heavy (non-hydrogen) atoms. The standard InChI is InChI=1S/C14H23N3O3.ClH/c1-10(16-12(18)11-6-5-7-20-11)13(19)17(4)9-14(2,3)8-15;/h5-7,10H,8-9,15H2,1-4H3,(H,16,18);1H. The maximum absolute atomic E-state index is 12.2. The summed E-state index contributed by atoms with van der Waals surface area (Å²) in [6.07, 6.45) is 1.41. The van der Waals surface area contributed by atoms with Gasteiger partial charge in [0.1, 0.15) is 6.04 Å². The second-order valence-corrected chi connectivity index (χ2v) is 5.74. The lowest BCUT2D eigenvalue weighted by Gasteiger charge is -2.30. The maximum Gasteiger partial charge on any atom is 0.287 e. The van der Waals surface area contributed by atoms with Gasteiger partial charge in [-0.1, -0.05) is 13.8 Å². The van der Waals surface area contributed by atoms with Crippen LogP contribution in [-0.4, -0.2) is 42.9 Å². The van der Waals surface area contributed by atoms with Gasteiger partial charge in [-0.05, 0) is 31.0 Å². The largest absolute Gasteiger partial charge is 0.459 e. The first-order valence-electron chi connectivity index (χ1n) is 6.56. The van der Waals surface area contributed by atoms with E-state index >= 15 is 0 Å². The zero-order chi connectivity index (χ0) is 15.3. The first-order chi connectivity index (χ1) is 9.26. The lowest BCUT2D eigenvalue weighted by atomic mass is 9.93. The van der Waals surface area contributed by atoms with Crippen LogP contribution in [0.1, 0.15) is 31.3 Å². The summed E-state index contributed by atoms with van der Waals surface area (Å²) in [5, 5.41) is 2.61. The Hall–Kier alpha value is -1.53. The molecule has 0 saturated heterocycles. The minimum Gasteiger partial charge on any atom is -0.459 e. The summed E-state index contributed by atoms with van der Waals surface area (Å²) < 4.78 is 4.98. The predicted molar refractivity (Wildman–Crippen MR) is 83.4 cm³/mol. The Bertz CT molecular complexity index is 460. The average Bonchev–Trinajstić information content (AvgIpc) is 2.91. The molecule has 1 unspecified atom stereocenters. The molecule has 0 bridgehead atoms. The highest BCUT2D eigenvalue weighted by Crippen LogP contribution is 2.14. The van der Waals surface area contributed by atoms with Gasteiger partial charge in [0.05, 0.1) is 6.26 Å². The van der Waals surface area contributed by atoms with Crippen LogP contribution >= 0.6 is 12.4 Å². The van der Waals surface area contributed by atoms with Crippen LogP contribution < -0.4 is 11.1 Å². The fourth-order valence-electron chi connectivity index (χ4n) is 1.85. The summed E-state index contributed by atoms with van der Waals surface area (Å²) >= 11 is 0. The molecule has 0 aliphatic carbocycles. The lowest BCUT2D eigenvalue weighted by Crippen LogP contribution is -2.48. The highest BCUT2D eigenvalue weighted by molar-refractivity contribution is 5.95. The van der Waals surface area contributed by atoms with Crippen molar-refractivity contribution in [3.63, 3.8) is 0 Å². The van der Waals surface area contributed by atoms with E-state index in [1.807, 2.05) is 13.8 Å². The second-order valence-electron chi connectivity index (χ2n) is 5.74. The van der Waals surface area contributed by atoms with Crippen molar-refractivity contribution in [2.75, 3.05) is 20.1 Å². The summed E-state index contributed by atoms with van der Waals surface area (Å²) in [6.45, 7) is 6.64. The third kappa shape index (κ3) is 5.77. The maximum atomic E-state index is 12.2. The zero-order valence-electron chi connectivity index (χ0n) is 12.9. The van der Waals surface area contributed by atoms with Crippen molar-refractivity contribution in [3.8, 4) is 0 Å². The number of hydrogen-bond acceptors (Lipinski definition) is 4. The molecule has 0 aromatic carbocycles. The van der Waals surface area contributed by atoms with Crippen molar-refractivity contribution in [1.29, 1.82) is 0 Å². The van der Waals surface area contributed by atoms with Crippen molar-refractivity contribution >= 4 is 24.2 Å². The van der Waals surface area contributed by atoms with Crippen molar-refractivity contribution in [1.82, 2.24) is 10.2 Å².